The highest BCUT2D eigenvalue weighted by atomic mass is 16.5. The summed E-state index contributed by atoms with van der Waals surface area (Å²) in [5.74, 6) is 1.82. The first kappa shape index (κ1) is 19.5. The van der Waals surface area contributed by atoms with E-state index in [1.54, 1.807) is 6.26 Å². The van der Waals surface area contributed by atoms with Gasteiger partial charge in [-0.25, -0.2) is 4.99 Å². The summed E-state index contributed by atoms with van der Waals surface area (Å²) < 4.78 is 10.8. The molecule has 1 aliphatic rings. The molecule has 2 heterocycles. The van der Waals surface area contributed by atoms with Crippen LogP contribution in [0.2, 0.25) is 0 Å². The predicted molar refractivity (Wildman–Crippen MR) is 108 cm³/mol. The summed E-state index contributed by atoms with van der Waals surface area (Å²) in [6, 6.07) is 12.5. The number of hydrogen-bond acceptors (Lipinski definition) is 4. The van der Waals surface area contributed by atoms with E-state index in [-0.39, 0.29) is 0 Å². The molecule has 0 radical (unpaired) electrons. The minimum atomic E-state index is 0.663. The van der Waals surface area contributed by atoms with E-state index in [1.165, 1.54) is 11.1 Å². The van der Waals surface area contributed by atoms with E-state index < -0.39 is 0 Å². The molecular formula is C21H30N4O2. The molecular weight excluding hydrogens is 340 g/mol. The van der Waals surface area contributed by atoms with E-state index in [0.717, 1.165) is 64.1 Å². The van der Waals surface area contributed by atoms with Crippen LogP contribution in [0.5, 0.6) is 0 Å². The second kappa shape index (κ2) is 10.7. The third-order valence-electron chi connectivity index (χ3n) is 4.61. The number of guanidine groups is 1. The molecule has 2 N–H and O–H groups in total. The van der Waals surface area contributed by atoms with Crippen LogP contribution in [0.3, 0.4) is 0 Å². The van der Waals surface area contributed by atoms with E-state index in [9.17, 15) is 0 Å². The van der Waals surface area contributed by atoms with E-state index in [2.05, 4.69) is 46.7 Å². The summed E-state index contributed by atoms with van der Waals surface area (Å²) in [6.45, 7) is 8.96. The van der Waals surface area contributed by atoms with Gasteiger partial charge in [-0.15, -0.1) is 0 Å². The predicted octanol–water partition coefficient (Wildman–Crippen LogP) is 2.41. The summed E-state index contributed by atoms with van der Waals surface area (Å²) in [7, 11) is 0. The van der Waals surface area contributed by atoms with Gasteiger partial charge < -0.3 is 19.8 Å². The lowest BCUT2D eigenvalue weighted by atomic mass is 10.1. The van der Waals surface area contributed by atoms with Crippen LogP contribution >= 0.6 is 0 Å². The zero-order chi connectivity index (χ0) is 18.7. The monoisotopic (exact) mass is 370 g/mol. The fraction of sp³-hybridized carbons (Fsp3) is 0.476. The van der Waals surface area contributed by atoms with Crippen molar-refractivity contribution in [2.75, 3.05) is 39.4 Å². The molecule has 0 saturated carbocycles. The molecule has 0 unspecified atom stereocenters. The molecule has 0 amide bonds. The number of morpholine rings is 1. The summed E-state index contributed by atoms with van der Waals surface area (Å²) in [5.41, 5.74) is 2.61. The van der Waals surface area contributed by atoms with Crippen molar-refractivity contribution in [2.24, 2.45) is 4.99 Å². The quantitative estimate of drug-likeness (QED) is 0.552. The highest BCUT2D eigenvalue weighted by molar-refractivity contribution is 5.79. The lowest BCUT2D eigenvalue weighted by Gasteiger charge is -2.27. The molecule has 1 aliphatic heterocycles. The van der Waals surface area contributed by atoms with Gasteiger partial charge in [0.1, 0.15) is 5.76 Å². The molecule has 6 heteroatoms. The number of nitrogens with one attached hydrogen (secondary N) is 2. The third-order valence-corrected chi connectivity index (χ3v) is 4.61. The van der Waals surface area contributed by atoms with Crippen molar-refractivity contribution >= 4 is 5.96 Å². The molecule has 0 atom stereocenters. The first-order valence-corrected chi connectivity index (χ1v) is 9.76. The molecule has 0 bridgehead atoms. The van der Waals surface area contributed by atoms with Crippen LogP contribution in [0.4, 0.5) is 0 Å². The molecule has 0 aliphatic carbocycles. The van der Waals surface area contributed by atoms with Gasteiger partial charge in [-0.05, 0) is 30.2 Å². The molecule has 1 fully saturated rings. The van der Waals surface area contributed by atoms with Crippen molar-refractivity contribution < 1.29 is 9.15 Å². The number of furan rings is 1. The number of aliphatic imine (C=N–C) groups is 1. The van der Waals surface area contributed by atoms with Crippen LogP contribution in [0.25, 0.3) is 0 Å². The van der Waals surface area contributed by atoms with Crippen LogP contribution in [0.15, 0.2) is 52.1 Å². The molecule has 6 nitrogen and oxygen atoms in total. The van der Waals surface area contributed by atoms with Gasteiger partial charge in [-0.2, -0.15) is 0 Å². The lowest BCUT2D eigenvalue weighted by Crippen LogP contribution is -2.38. The summed E-state index contributed by atoms with van der Waals surface area (Å²) in [4.78, 5) is 7.22. The average molecular weight is 370 g/mol. The Morgan fingerprint density at radius 2 is 1.89 bits per heavy atom. The number of nitrogens with zero attached hydrogens (tertiary/aromatic N) is 2. The van der Waals surface area contributed by atoms with E-state index in [1.807, 2.05) is 12.1 Å². The third kappa shape index (κ3) is 6.41. The second-order valence-corrected chi connectivity index (χ2v) is 6.61. The molecule has 2 aromatic rings. The number of benzene rings is 1. The number of rotatable bonds is 8. The maximum atomic E-state index is 5.45. The molecule has 0 spiro atoms. The van der Waals surface area contributed by atoms with Crippen molar-refractivity contribution in [3.8, 4) is 0 Å². The van der Waals surface area contributed by atoms with Gasteiger partial charge >= 0.3 is 0 Å². The molecule has 1 saturated heterocycles. The largest absolute Gasteiger partial charge is 0.469 e. The highest BCUT2D eigenvalue weighted by Gasteiger charge is 2.12. The maximum absolute atomic E-state index is 5.45. The fourth-order valence-electron chi connectivity index (χ4n) is 3.13. The zero-order valence-corrected chi connectivity index (χ0v) is 16.1. The van der Waals surface area contributed by atoms with Gasteiger partial charge in [-0.1, -0.05) is 24.3 Å². The van der Waals surface area contributed by atoms with Crippen LogP contribution < -0.4 is 10.6 Å². The van der Waals surface area contributed by atoms with Crippen LogP contribution in [0, 0.1) is 0 Å². The van der Waals surface area contributed by atoms with Crippen molar-refractivity contribution in [3.05, 3.63) is 59.5 Å². The average Bonchev–Trinajstić information content (AvgIpc) is 3.21. The van der Waals surface area contributed by atoms with Crippen molar-refractivity contribution in [1.29, 1.82) is 0 Å². The van der Waals surface area contributed by atoms with Gasteiger partial charge in [0.2, 0.25) is 0 Å². The van der Waals surface area contributed by atoms with Crippen molar-refractivity contribution in [2.45, 2.75) is 26.4 Å². The Bertz CT molecular complexity index is 694. The Labute approximate surface area is 161 Å². The SMILES string of the molecule is CCNC(=NCc1ccccc1CN1CCOCC1)NCCc1ccco1. The van der Waals surface area contributed by atoms with Crippen LogP contribution in [-0.2, 0) is 24.2 Å². The highest BCUT2D eigenvalue weighted by Crippen LogP contribution is 2.14. The summed E-state index contributed by atoms with van der Waals surface area (Å²) in [5, 5.41) is 6.70. The van der Waals surface area contributed by atoms with Crippen LogP contribution in [0.1, 0.15) is 23.8 Å². The van der Waals surface area contributed by atoms with Gasteiger partial charge in [0, 0.05) is 39.1 Å². The van der Waals surface area contributed by atoms with E-state index in [0.29, 0.717) is 6.54 Å². The maximum Gasteiger partial charge on any atom is 0.191 e. The summed E-state index contributed by atoms with van der Waals surface area (Å²) >= 11 is 0. The van der Waals surface area contributed by atoms with Gasteiger partial charge in [0.15, 0.2) is 5.96 Å². The molecule has 3 rings (SSSR count). The number of ether oxygens (including phenoxy) is 1. The summed E-state index contributed by atoms with van der Waals surface area (Å²) in [6.07, 6.45) is 2.55. The van der Waals surface area contributed by atoms with Crippen LogP contribution in [-0.4, -0.2) is 50.3 Å². The second-order valence-electron chi connectivity index (χ2n) is 6.61. The zero-order valence-electron chi connectivity index (χ0n) is 16.1. The molecule has 27 heavy (non-hydrogen) atoms. The minimum Gasteiger partial charge on any atom is -0.469 e. The molecule has 1 aromatic carbocycles. The van der Waals surface area contributed by atoms with Crippen molar-refractivity contribution in [1.82, 2.24) is 15.5 Å². The first-order chi connectivity index (χ1) is 13.3. The Kier molecular flexibility index (Phi) is 7.74. The fourth-order valence-corrected chi connectivity index (χ4v) is 3.13. The Hall–Kier alpha value is -2.31. The Morgan fingerprint density at radius 1 is 1.07 bits per heavy atom. The minimum absolute atomic E-state index is 0.663. The Morgan fingerprint density at radius 3 is 2.63 bits per heavy atom. The normalized spacial score (nSPS) is 15.7. The van der Waals surface area contributed by atoms with Gasteiger partial charge in [0.05, 0.1) is 26.0 Å². The smallest absolute Gasteiger partial charge is 0.191 e. The molecule has 1 aromatic heterocycles. The lowest BCUT2D eigenvalue weighted by molar-refractivity contribution is 0.0341. The number of hydrogen-bond donors (Lipinski definition) is 2. The Balaban J connectivity index is 1.57. The van der Waals surface area contributed by atoms with Gasteiger partial charge in [-0.3, -0.25) is 4.90 Å². The van der Waals surface area contributed by atoms with E-state index >= 15 is 0 Å². The van der Waals surface area contributed by atoms with E-state index in [4.69, 9.17) is 14.1 Å². The van der Waals surface area contributed by atoms with Gasteiger partial charge in [0.25, 0.3) is 0 Å². The topological polar surface area (TPSA) is 62.0 Å². The molecule has 146 valence electrons. The standard InChI is InChI=1S/C21H30N4O2/c1-2-22-21(23-10-9-20-8-5-13-27-20)24-16-18-6-3-4-7-19(18)17-25-11-14-26-15-12-25/h3-8,13H,2,9-12,14-17H2,1H3,(H2,22,23,24). The van der Waals surface area contributed by atoms with Crippen molar-refractivity contribution in [3.63, 3.8) is 0 Å². The first-order valence-electron chi connectivity index (χ1n) is 9.76.